The summed E-state index contributed by atoms with van der Waals surface area (Å²) in [7, 11) is 0. The van der Waals surface area contributed by atoms with Crippen LogP contribution in [0.3, 0.4) is 0 Å². The molecule has 4 aliphatic heterocycles. The Morgan fingerprint density at radius 1 is 0.931 bits per heavy atom. The molecule has 4 aliphatic rings. The molecular weight excluding hydrogens is 364 g/mol. The third kappa shape index (κ3) is 4.32. The Morgan fingerprint density at radius 2 is 1.69 bits per heavy atom. The minimum Gasteiger partial charge on any atom is -0.341 e. The average molecular weight is 394 g/mol. The molecule has 8 heteroatoms. The fraction of sp³-hybridized carbons (Fsp3) is 0.524. The molecule has 4 fully saturated rings. The van der Waals surface area contributed by atoms with Gasteiger partial charge in [0, 0.05) is 37.5 Å². The summed E-state index contributed by atoms with van der Waals surface area (Å²) in [5.41, 5.74) is 5.37. The lowest BCUT2D eigenvalue weighted by molar-refractivity contribution is -0.902. The Kier molecular flexibility index (Phi) is 5.25. The summed E-state index contributed by atoms with van der Waals surface area (Å²) >= 11 is 0. The number of hydrogen-bond donors (Lipinski definition) is 3. The van der Waals surface area contributed by atoms with Gasteiger partial charge in [0.1, 0.15) is 6.54 Å². The van der Waals surface area contributed by atoms with Crippen LogP contribution in [-0.2, 0) is 0 Å². The maximum atomic E-state index is 4.72. The number of hydrogen-bond acceptors (Lipinski definition) is 7. The van der Waals surface area contributed by atoms with Crippen molar-refractivity contribution in [2.45, 2.75) is 32.1 Å². The summed E-state index contributed by atoms with van der Waals surface area (Å²) in [5.74, 6) is 2.40. The SMILES string of the molecule is c1ccc(Nc2nc(N/N=C3\C[NH+]4CCC3CC4)nc(N3CCCCC3)n2)cc1. The molecule has 4 saturated heterocycles. The van der Waals surface area contributed by atoms with Crippen molar-refractivity contribution in [3.8, 4) is 0 Å². The smallest absolute Gasteiger partial charge is 0.250 e. The van der Waals surface area contributed by atoms with E-state index in [2.05, 4.69) is 30.6 Å². The van der Waals surface area contributed by atoms with Crippen LogP contribution < -0.4 is 20.5 Å². The van der Waals surface area contributed by atoms with Crippen LogP contribution in [0, 0.1) is 5.92 Å². The van der Waals surface area contributed by atoms with Crippen molar-refractivity contribution in [3.05, 3.63) is 30.3 Å². The van der Waals surface area contributed by atoms with Gasteiger partial charge >= 0.3 is 0 Å². The summed E-state index contributed by atoms with van der Waals surface area (Å²) in [6, 6.07) is 10.0. The monoisotopic (exact) mass is 393 g/mol. The molecule has 2 bridgehead atoms. The first kappa shape index (κ1) is 18.3. The Labute approximate surface area is 171 Å². The highest BCUT2D eigenvalue weighted by atomic mass is 15.4. The van der Waals surface area contributed by atoms with Gasteiger partial charge in [-0.25, -0.2) is 5.43 Å². The second-order valence-corrected chi connectivity index (χ2v) is 8.24. The van der Waals surface area contributed by atoms with E-state index in [1.165, 1.54) is 50.9 Å². The molecule has 0 atom stereocenters. The van der Waals surface area contributed by atoms with Crippen LogP contribution in [0.2, 0.25) is 0 Å². The van der Waals surface area contributed by atoms with E-state index in [1.807, 2.05) is 30.3 Å². The molecule has 0 spiro atoms. The topological polar surface area (TPSA) is 82.8 Å². The minimum absolute atomic E-state index is 0.512. The zero-order valence-electron chi connectivity index (χ0n) is 16.8. The standard InChI is InChI=1S/C21H28N8/c1-3-7-17(8-4-1)22-19-23-20(25-21(24-19)29-11-5-2-6-12-29)27-26-18-15-28-13-9-16(18)10-14-28/h1,3-4,7-8,16H,2,5-6,9-15H2,(H2,22,23,24,25,27)/p+1/b26-18+. The van der Waals surface area contributed by atoms with Crippen molar-refractivity contribution in [2.24, 2.45) is 11.0 Å². The van der Waals surface area contributed by atoms with Crippen LogP contribution >= 0.6 is 0 Å². The predicted molar refractivity (Wildman–Crippen MR) is 115 cm³/mol. The van der Waals surface area contributed by atoms with E-state index in [4.69, 9.17) is 5.10 Å². The maximum absolute atomic E-state index is 4.72. The van der Waals surface area contributed by atoms with E-state index >= 15 is 0 Å². The molecule has 0 radical (unpaired) electrons. The van der Waals surface area contributed by atoms with Crippen molar-refractivity contribution < 1.29 is 4.90 Å². The number of nitrogens with zero attached hydrogens (tertiary/aromatic N) is 5. The van der Waals surface area contributed by atoms with Crippen LogP contribution in [0.5, 0.6) is 0 Å². The number of fused-ring (bicyclic) bond motifs is 3. The number of nitrogens with one attached hydrogen (secondary N) is 3. The number of rotatable bonds is 5. The first-order valence-electron chi connectivity index (χ1n) is 10.8. The van der Waals surface area contributed by atoms with Gasteiger partial charge in [0.15, 0.2) is 0 Å². The number of aromatic nitrogens is 3. The molecule has 0 amide bonds. The molecule has 1 aromatic heterocycles. The van der Waals surface area contributed by atoms with Gasteiger partial charge in [0.2, 0.25) is 17.8 Å². The summed E-state index contributed by atoms with van der Waals surface area (Å²) < 4.78 is 0. The largest absolute Gasteiger partial charge is 0.341 e. The van der Waals surface area contributed by atoms with Gasteiger partial charge < -0.3 is 15.1 Å². The lowest BCUT2D eigenvalue weighted by Gasteiger charge is -2.36. The predicted octanol–water partition coefficient (Wildman–Crippen LogP) is 1.68. The maximum Gasteiger partial charge on any atom is 0.250 e. The molecule has 0 saturated carbocycles. The molecular formula is C21H29N8+. The average Bonchev–Trinajstić information content (AvgIpc) is 2.80. The Bertz CT molecular complexity index is 854. The Morgan fingerprint density at radius 3 is 2.41 bits per heavy atom. The van der Waals surface area contributed by atoms with Gasteiger partial charge in [-0.3, -0.25) is 0 Å². The van der Waals surface area contributed by atoms with Gasteiger partial charge in [-0.15, -0.1) is 0 Å². The molecule has 5 heterocycles. The number of piperidine rings is 4. The molecule has 3 N–H and O–H groups in total. The molecule has 0 unspecified atom stereocenters. The molecule has 29 heavy (non-hydrogen) atoms. The number of hydrazone groups is 1. The second-order valence-electron chi connectivity index (χ2n) is 8.24. The number of para-hydroxylation sites is 1. The highest BCUT2D eigenvalue weighted by molar-refractivity contribution is 5.89. The van der Waals surface area contributed by atoms with E-state index in [9.17, 15) is 0 Å². The molecule has 152 valence electrons. The Hall–Kier alpha value is -2.74. The summed E-state index contributed by atoms with van der Waals surface area (Å²) in [6.07, 6.45) is 6.12. The van der Waals surface area contributed by atoms with Crippen molar-refractivity contribution >= 4 is 29.2 Å². The number of quaternary nitrogens is 1. The van der Waals surface area contributed by atoms with Crippen LogP contribution in [0.1, 0.15) is 32.1 Å². The Balaban J connectivity index is 1.39. The van der Waals surface area contributed by atoms with Crippen LogP contribution in [-0.4, -0.2) is 53.4 Å². The van der Waals surface area contributed by atoms with Gasteiger partial charge in [-0.2, -0.15) is 20.1 Å². The van der Waals surface area contributed by atoms with E-state index in [-0.39, 0.29) is 0 Å². The van der Waals surface area contributed by atoms with Crippen molar-refractivity contribution in [1.29, 1.82) is 0 Å². The summed E-state index contributed by atoms with van der Waals surface area (Å²) in [4.78, 5) is 17.8. The van der Waals surface area contributed by atoms with E-state index in [0.717, 1.165) is 31.3 Å². The van der Waals surface area contributed by atoms with Crippen LogP contribution in [0.4, 0.5) is 23.5 Å². The number of benzene rings is 1. The molecule has 8 nitrogen and oxygen atoms in total. The van der Waals surface area contributed by atoms with Gasteiger partial charge in [-0.1, -0.05) is 18.2 Å². The highest BCUT2D eigenvalue weighted by Gasteiger charge is 2.34. The van der Waals surface area contributed by atoms with E-state index in [1.54, 1.807) is 4.90 Å². The third-order valence-corrected chi connectivity index (χ3v) is 6.19. The van der Waals surface area contributed by atoms with Crippen molar-refractivity contribution in [3.63, 3.8) is 0 Å². The quantitative estimate of drug-likeness (QED) is 0.671. The van der Waals surface area contributed by atoms with Crippen molar-refractivity contribution in [1.82, 2.24) is 15.0 Å². The molecule has 6 rings (SSSR count). The third-order valence-electron chi connectivity index (χ3n) is 6.19. The van der Waals surface area contributed by atoms with E-state index in [0.29, 0.717) is 17.8 Å². The van der Waals surface area contributed by atoms with Crippen LogP contribution in [0.15, 0.2) is 35.4 Å². The molecule has 1 aromatic carbocycles. The van der Waals surface area contributed by atoms with Crippen molar-refractivity contribution in [2.75, 3.05) is 48.4 Å². The summed E-state index contributed by atoms with van der Waals surface area (Å²) in [5, 5.41) is 8.02. The minimum atomic E-state index is 0.512. The second kappa shape index (κ2) is 8.32. The highest BCUT2D eigenvalue weighted by Crippen LogP contribution is 2.21. The van der Waals surface area contributed by atoms with E-state index < -0.39 is 0 Å². The fourth-order valence-electron chi connectivity index (χ4n) is 4.55. The molecule has 2 aromatic rings. The van der Waals surface area contributed by atoms with Gasteiger partial charge in [-0.05, 0) is 31.4 Å². The summed E-state index contributed by atoms with van der Waals surface area (Å²) in [6.45, 7) is 5.57. The zero-order chi connectivity index (χ0) is 19.5. The lowest BCUT2D eigenvalue weighted by atomic mass is 9.87. The fourth-order valence-corrected chi connectivity index (χ4v) is 4.55. The lowest BCUT2D eigenvalue weighted by Crippen LogP contribution is -3.16. The van der Waals surface area contributed by atoms with Gasteiger partial charge in [0.25, 0.3) is 0 Å². The van der Waals surface area contributed by atoms with Gasteiger partial charge in [0.05, 0.1) is 18.8 Å². The first-order chi connectivity index (χ1) is 14.3. The molecule has 0 aliphatic carbocycles. The zero-order valence-corrected chi connectivity index (χ0v) is 16.8. The normalized spacial score (nSPS) is 25.2. The van der Waals surface area contributed by atoms with Crippen LogP contribution in [0.25, 0.3) is 0 Å². The first-order valence-corrected chi connectivity index (χ1v) is 10.8. The number of anilines is 4.